The van der Waals surface area contributed by atoms with Crippen LogP contribution in [0, 0.1) is 6.92 Å². The summed E-state index contributed by atoms with van der Waals surface area (Å²) >= 11 is 6.02. The predicted octanol–water partition coefficient (Wildman–Crippen LogP) is 3.22. The zero-order chi connectivity index (χ0) is 16.6. The number of aromatic nitrogens is 1. The van der Waals surface area contributed by atoms with Gasteiger partial charge in [0, 0.05) is 28.5 Å². The van der Waals surface area contributed by atoms with Crippen LogP contribution in [0.3, 0.4) is 0 Å². The van der Waals surface area contributed by atoms with Gasteiger partial charge < -0.3 is 15.6 Å². The molecular formula is C17H16ClN3O2. The highest BCUT2D eigenvalue weighted by Gasteiger charge is 2.24. The van der Waals surface area contributed by atoms with Gasteiger partial charge in [-0.3, -0.25) is 9.59 Å². The topological polar surface area (TPSA) is 74.0 Å². The number of rotatable bonds is 3. The van der Waals surface area contributed by atoms with Crippen molar-refractivity contribution in [1.29, 1.82) is 0 Å². The van der Waals surface area contributed by atoms with Gasteiger partial charge in [0.15, 0.2) is 0 Å². The number of benzene rings is 1. The van der Waals surface area contributed by atoms with Gasteiger partial charge in [-0.2, -0.15) is 0 Å². The summed E-state index contributed by atoms with van der Waals surface area (Å²) in [5.41, 5.74) is 4.11. The maximum atomic E-state index is 12.2. The fourth-order valence-electron chi connectivity index (χ4n) is 2.55. The first-order chi connectivity index (χ1) is 11.0. The SMILES string of the molecule is CCNC(=O)c1cc(C)c(/C=C2\C(=O)Nc3ccc(Cl)cc32)[nH]1. The van der Waals surface area contributed by atoms with Crippen molar-refractivity contribution in [2.45, 2.75) is 13.8 Å². The van der Waals surface area contributed by atoms with E-state index in [9.17, 15) is 9.59 Å². The molecule has 0 saturated heterocycles. The smallest absolute Gasteiger partial charge is 0.267 e. The van der Waals surface area contributed by atoms with E-state index in [1.807, 2.05) is 13.8 Å². The zero-order valence-corrected chi connectivity index (χ0v) is 13.5. The molecule has 1 aliphatic heterocycles. The van der Waals surface area contributed by atoms with Crippen LogP contribution in [0.4, 0.5) is 5.69 Å². The summed E-state index contributed by atoms with van der Waals surface area (Å²) in [5, 5.41) is 6.11. The molecule has 1 aromatic heterocycles. The molecule has 23 heavy (non-hydrogen) atoms. The Morgan fingerprint density at radius 2 is 2.13 bits per heavy atom. The Hall–Kier alpha value is -2.53. The Morgan fingerprint density at radius 3 is 2.87 bits per heavy atom. The molecule has 0 atom stereocenters. The summed E-state index contributed by atoms with van der Waals surface area (Å²) in [6.07, 6.45) is 1.75. The number of halogens is 1. The van der Waals surface area contributed by atoms with E-state index in [-0.39, 0.29) is 11.8 Å². The quantitative estimate of drug-likeness (QED) is 0.756. The van der Waals surface area contributed by atoms with E-state index in [4.69, 9.17) is 11.6 Å². The van der Waals surface area contributed by atoms with Crippen LogP contribution >= 0.6 is 11.6 Å². The lowest BCUT2D eigenvalue weighted by Crippen LogP contribution is -2.22. The van der Waals surface area contributed by atoms with Crippen molar-refractivity contribution in [2.75, 3.05) is 11.9 Å². The molecule has 6 heteroatoms. The Bertz CT molecular complexity index is 836. The maximum absolute atomic E-state index is 12.2. The second-order valence-corrected chi connectivity index (χ2v) is 5.78. The van der Waals surface area contributed by atoms with Crippen LogP contribution in [0.1, 0.15) is 34.2 Å². The molecule has 118 valence electrons. The molecule has 1 aliphatic rings. The van der Waals surface area contributed by atoms with E-state index in [1.165, 1.54) is 0 Å². The summed E-state index contributed by atoms with van der Waals surface area (Å²) in [5.74, 6) is -0.351. The Kier molecular flexibility index (Phi) is 3.96. The van der Waals surface area contributed by atoms with Gasteiger partial charge >= 0.3 is 0 Å². The van der Waals surface area contributed by atoms with Crippen molar-refractivity contribution < 1.29 is 9.59 Å². The molecule has 3 rings (SSSR count). The molecule has 0 saturated carbocycles. The number of aromatic amines is 1. The van der Waals surface area contributed by atoms with Crippen LogP contribution in [0.25, 0.3) is 11.6 Å². The van der Waals surface area contributed by atoms with Gasteiger partial charge in [-0.05, 0) is 49.8 Å². The molecular weight excluding hydrogens is 314 g/mol. The van der Waals surface area contributed by atoms with Crippen LogP contribution in [0.15, 0.2) is 24.3 Å². The van der Waals surface area contributed by atoms with Crippen LogP contribution < -0.4 is 10.6 Å². The third kappa shape index (κ3) is 2.87. The second-order valence-electron chi connectivity index (χ2n) is 5.34. The van der Waals surface area contributed by atoms with E-state index in [0.717, 1.165) is 22.5 Å². The van der Waals surface area contributed by atoms with E-state index in [1.54, 1.807) is 30.3 Å². The number of carbonyl (C=O) groups is 2. The van der Waals surface area contributed by atoms with E-state index in [2.05, 4.69) is 15.6 Å². The molecule has 2 heterocycles. The second kappa shape index (κ2) is 5.93. The fourth-order valence-corrected chi connectivity index (χ4v) is 2.72. The zero-order valence-electron chi connectivity index (χ0n) is 12.8. The van der Waals surface area contributed by atoms with Crippen molar-refractivity contribution in [3.05, 3.63) is 51.8 Å². The molecule has 0 aliphatic carbocycles. The Morgan fingerprint density at radius 1 is 1.35 bits per heavy atom. The van der Waals surface area contributed by atoms with E-state index in [0.29, 0.717) is 22.8 Å². The molecule has 0 radical (unpaired) electrons. The maximum Gasteiger partial charge on any atom is 0.267 e. The average Bonchev–Trinajstić information content (AvgIpc) is 3.01. The van der Waals surface area contributed by atoms with Crippen LogP contribution in [0.5, 0.6) is 0 Å². The van der Waals surface area contributed by atoms with Crippen molar-refractivity contribution in [3.8, 4) is 0 Å². The number of hydrogen-bond acceptors (Lipinski definition) is 2. The van der Waals surface area contributed by atoms with Gasteiger partial charge in [0.05, 0.1) is 5.57 Å². The molecule has 3 N–H and O–H groups in total. The number of nitrogens with one attached hydrogen (secondary N) is 3. The first kappa shape index (κ1) is 15.4. The fraction of sp³-hybridized carbons (Fsp3) is 0.176. The summed E-state index contributed by atoms with van der Waals surface area (Å²) < 4.78 is 0. The number of amides is 2. The largest absolute Gasteiger partial charge is 0.351 e. The molecule has 0 unspecified atom stereocenters. The normalized spacial score (nSPS) is 14.7. The predicted molar refractivity (Wildman–Crippen MR) is 91.5 cm³/mol. The summed E-state index contributed by atoms with van der Waals surface area (Å²) in [7, 11) is 0. The van der Waals surface area contributed by atoms with Crippen LogP contribution in [0.2, 0.25) is 5.02 Å². The third-order valence-electron chi connectivity index (χ3n) is 3.69. The van der Waals surface area contributed by atoms with Crippen LogP contribution in [-0.2, 0) is 4.79 Å². The minimum Gasteiger partial charge on any atom is -0.351 e. The molecule has 2 aromatic rings. The molecule has 0 bridgehead atoms. The van der Waals surface area contributed by atoms with E-state index < -0.39 is 0 Å². The lowest BCUT2D eigenvalue weighted by molar-refractivity contribution is -0.110. The highest BCUT2D eigenvalue weighted by Crippen LogP contribution is 2.35. The number of carbonyl (C=O) groups excluding carboxylic acids is 2. The third-order valence-corrected chi connectivity index (χ3v) is 3.93. The lowest BCUT2D eigenvalue weighted by atomic mass is 10.1. The Labute approximate surface area is 138 Å². The average molecular weight is 330 g/mol. The van der Waals surface area contributed by atoms with Crippen molar-refractivity contribution in [3.63, 3.8) is 0 Å². The summed E-state index contributed by atoms with van der Waals surface area (Å²) in [6, 6.07) is 7.03. The van der Waals surface area contributed by atoms with E-state index >= 15 is 0 Å². The molecule has 0 fully saturated rings. The van der Waals surface area contributed by atoms with Gasteiger partial charge in [0.1, 0.15) is 5.69 Å². The van der Waals surface area contributed by atoms with Gasteiger partial charge in [-0.15, -0.1) is 0 Å². The Balaban J connectivity index is 2.01. The first-order valence-corrected chi connectivity index (χ1v) is 7.68. The minimum absolute atomic E-state index is 0.167. The number of fused-ring (bicyclic) bond motifs is 1. The van der Waals surface area contributed by atoms with Gasteiger partial charge in [-0.25, -0.2) is 0 Å². The van der Waals surface area contributed by atoms with Gasteiger partial charge in [-0.1, -0.05) is 11.6 Å². The standard InChI is InChI=1S/C17H16ClN3O2/c1-3-19-17(23)15-6-9(2)14(20-15)8-12-11-7-10(18)4-5-13(11)21-16(12)22/h4-8,20H,3H2,1-2H3,(H,19,23)(H,21,22)/b12-8-. The van der Waals surface area contributed by atoms with Crippen molar-refractivity contribution in [2.24, 2.45) is 0 Å². The van der Waals surface area contributed by atoms with Crippen molar-refractivity contribution >= 4 is 40.8 Å². The monoisotopic (exact) mass is 329 g/mol. The number of anilines is 1. The number of aryl methyl sites for hydroxylation is 1. The number of hydrogen-bond donors (Lipinski definition) is 3. The highest BCUT2D eigenvalue weighted by molar-refractivity contribution is 6.36. The van der Waals surface area contributed by atoms with Gasteiger partial charge in [0.25, 0.3) is 11.8 Å². The minimum atomic E-state index is -0.184. The highest BCUT2D eigenvalue weighted by atomic mass is 35.5. The molecule has 2 amide bonds. The summed E-state index contributed by atoms with van der Waals surface area (Å²) in [4.78, 5) is 27.1. The van der Waals surface area contributed by atoms with Crippen LogP contribution in [-0.4, -0.2) is 23.3 Å². The number of H-pyrrole nitrogens is 1. The molecule has 0 spiro atoms. The lowest BCUT2D eigenvalue weighted by Gasteiger charge is -2.00. The first-order valence-electron chi connectivity index (χ1n) is 7.30. The van der Waals surface area contributed by atoms with Crippen molar-refractivity contribution in [1.82, 2.24) is 10.3 Å². The molecule has 1 aromatic carbocycles. The molecule has 5 nitrogen and oxygen atoms in total. The summed E-state index contributed by atoms with van der Waals surface area (Å²) in [6.45, 7) is 4.30. The van der Waals surface area contributed by atoms with Gasteiger partial charge in [0.2, 0.25) is 0 Å².